The van der Waals surface area contributed by atoms with E-state index in [1.165, 1.54) is 6.42 Å². The molecule has 7 nitrogen and oxygen atoms in total. The number of carbonyl (C=O) groups is 3. The highest BCUT2D eigenvalue weighted by molar-refractivity contribution is 5.79. The van der Waals surface area contributed by atoms with Crippen LogP contribution in [-0.4, -0.2) is 54.5 Å². The number of nitrogens with two attached hydrogens (primary N) is 1. The van der Waals surface area contributed by atoms with Gasteiger partial charge in [-0.2, -0.15) is 0 Å². The van der Waals surface area contributed by atoms with Crippen molar-refractivity contribution < 1.29 is 19.5 Å². The van der Waals surface area contributed by atoms with Gasteiger partial charge in [0, 0.05) is 12.5 Å². The van der Waals surface area contributed by atoms with Gasteiger partial charge in [0.2, 0.25) is 11.8 Å². The maximum absolute atomic E-state index is 11.7. The highest BCUT2D eigenvalue weighted by Gasteiger charge is 2.26. The highest BCUT2D eigenvalue weighted by atomic mass is 16.3. The van der Waals surface area contributed by atoms with E-state index in [9.17, 15) is 9.59 Å². The molecule has 0 aromatic carbocycles. The van der Waals surface area contributed by atoms with Gasteiger partial charge in [-0.3, -0.25) is 19.3 Å². The predicted molar refractivity (Wildman–Crippen MR) is 77.4 cm³/mol. The number of nitrogens with zero attached hydrogens (tertiary/aromatic N) is 1. The monoisotopic (exact) mass is 299 g/mol. The fourth-order valence-electron chi connectivity index (χ4n) is 2.63. The lowest BCUT2D eigenvalue weighted by molar-refractivity contribution is -0.127. The van der Waals surface area contributed by atoms with E-state index in [2.05, 4.69) is 10.2 Å². The van der Waals surface area contributed by atoms with E-state index in [-0.39, 0.29) is 24.2 Å². The third-order valence-electron chi connectivity index (χ3n) is 4.13. The molecular formula is C14H25N3O4. The van der Waals surface area contributed by atoms with Gasteiger partial charge in [-0.15, -0.1) is 0 Å². The molecule has 2 aliphatic rings. The fraction of sp³-hybridized carbons (Fsp3) is 0.786. The van der Waals surface area contributed by atoms with Crippen LogP contribution in [0.2, 0.25) is 0 Å². The number of carboxylic acid groups (broad SMARTS) is 1. The molecule has 0 aromatic heterocycles. The first-order valence-electron chi connectivity index (χ1n) is 7.43. The smallest absolute Gasteiger partial charge is 0.290 e. The Kier molecular flexibility index (Phi) is 7.74. The Labute approximate surface area is 124 Å². The lowest BCUT2D eigenvalue weighted by Gasteiger charge is -2.32. The van der Waals surface area contributed by atoms with Crippen LogP contribution in [0.3, 0.4) is 0 Å². The zero-order valence-corrected chi connectivity index (χ0v) is 12.3. The van der Waals surface area contributed by atoms with Crippen LogP contribution in [0.25, 0.3) is 0 Å². The molecule has 2 amide bonds. The summed E-state index contributed by atoms with van der Waals surface area (Å²) in [5, 5.41) is 9.95. The summed E-state index contributed by atoms with van der Waals surface area (Å²) in [7, 11) is 0. The van der Waals surface area contributed by atoms with Crippen LogP contribution in [0.1, 0.15) is 32.1 Å². The molecule has 0 spiro atoms. The van der Waals surface area contributed by atoms with Crippen molar-refractivity contribution in [2.24, 2.45) is 17.6 Å². The number of carbonyl (C=O) groups excluding carboxylic acids is 2. The van der Waals surface area contributed by atoms with Crippen molar-refractivity contribution in [1.29, 1.82) is 0 Å². The van der Waals surface area contributed by atoms with Crippen LogP contribution in [-0.2, 0) is 14.4 Å². The molecule has 2 fully saturated rings. The Hall–Kier alpha value is -1.63. The predicted octanol–water partition coefficient (Wildman–Crippen LogP) is -0.199. The molecule has 120 valence electrons. The first-order chi connectivity index (χ1) is 10.1. The van der Waals surface area contributed by atoms with Crippen LogP contribution in [0.4, 0.5) is 0 Å². The molecule has 1 saturated carbocycles. The molecular weight excluding hydrogens is 274 g/mol. The van der Waals surface area contributed by atoms with Crippen molar-refractivity contribution in [2.75, 3.05) is 26.2 Å². The highest BCUT2D eigenvalue weighted by Crippen LogP contribution is 2.26. The maximum Gasteiger partial charge on any atom is 0.290 e. The normalized spacial score (nSPS) is 19.8. The Morgan fingerprint density at radius 1 is 1.24 bits per heavy atom. The number of amides is 2. The van der Waals surface area contributed by atoms with Crippen molar-refractivity contribution in [3.8, 4) is 0 Å². The van der Waals surface area contributed by atoms with Gasteiger partial charge in [-0.1, -0.05) is 6.42 Å². The van der Waals surface area contributed by atoms with Crippen LogP contribution in [0.5, 0.6) is 0 Å². The second-order valence-electron chi connectivity index (χ2n) is 5.66. The molecule has 0 unspecified atom stereocenters. The average molecular weight is 299 g/mol. The van der Waals surface area contributed by atoms with Gasteiger partial charge in [0.1, 0.15) is 0 Å². The minimum atomic E-state index is -0.258. The second kappa shape index (κ2) is 9.33. The summed E-state index contributed by atoms with van der Waals surface area (Å²) in [6, 6.07) is 0. The molecule has 0 atom stereocenters. The topological polar surface area (TPSA) is 113 Å². The number of hydrogen-bond donors (Lipinski definition) is 3. The fourth-order valence-corrected chi connectivity index (χ4v) is 2.63. The quantitative estimate of drug-likeness (QED) is 0.609. The molecule has 21 heavy (non-hydrogen) atoms. The maximum atomic E-state index is 11.7. The van der Waals surface area contributed by atoms with Gasteiger partial charge in [0.25, 0.3) is 6.47 Å². The zero-order chi connectivity index (χ0) is 15.7. The molecule has 7 heteroatoms. The Bertz CT molecular complexity index is 350. The number of primary amides is 1. The van der Waals surface area contributed by atoms with Gasteiger partial charge < -0.3 is 16.2 Å². The van der Waals surface area contributed by atoms with E-state index in [1.807, 2.05) is 0 Å². The number of hydrogen-bond acceptors (Lipinski definition) is 4. The van der Waals surface area contributed by atoms with Crippen molar-refractivity contribution in [1.82, 2.24) is 10.2 Å². The third-order valence-corrected chi connectivity index (χ3v) is 4.13. The number of rotatable bonds is 5. The molecule has 1 aliphatic heterocycles. The lowest BCUT2D eigenvalue weighted by atomic mass is 9.84. The van der Waals surface area contributed by atoms with E-state index in [0.717, 1.165) is 45.3 Å². The van der Waals surface area contributed by atoms with Gasteiger partial charge in [0.05, 0.1) is 6.54 Å². The van der Waals surface area contributed by atoms with Gasteiger partial charge in [0.15, 0.2) is 0 Å². The van der Waals surface area contributed by atoms with Crippen molar-refractivity contribution in [3.05, 3.63) is 0 Å². The molecule has 0 aromatic rings. The van der Waals surface area contributed by atoms with E-state index in [1.54, 1.807) is 0 Å². The molecule has 1 saturated heterocycles. The van der Waals surface area contributed by atoms with Crippen LogP contribution in [0, 0.1) is 11.8 Å². The first-order valence-corrected chi connectivity index (χ1v) is 7.43. The largest absolute Gasteiger partial charge is 0.483 e. The average Bonchev–Trinajstić information content (AvgIpc) is 2.36. The number of nitrogens with one attached hydrogen (secondary N) is 1. The summed E-state index contributed by atoms with van der Waals surface area (Å²) < 4.78 is 0. The summed E-state index contributed by atoms with van der Waals surface area (Å²) in [6.45, 7) is 2.72. The van der Waals surface area contributed by atoms with Gasteiger partial charge in [-0.05, 0) is 44.7 Å². The van der Waals surface area contributed by atoms with Crippen LogP contribution >= 0.6 is 0 Å². The first kappa shape index (κ1) is 17.4. The minimum absolute atomic E-state index is 0.237. The van der Waals surface area contributed by atoms with Crippen LogP contribution in [0.15, 0.2) is 0 Å². The number of likely N-dealkylation sites (tertiary alicyclic amines) is 1. The summed E-state index contributed by atoms with van der Waals surface area (Å²) in [5.41, 5.74) is 5.17. The third kappa shape index (κ3) is 6.57. The van der Waals surface area contributed by atoms with Crippen molar-refractivity contribution >= 4 is 18.3 Å². The summed E-state index contributed by atoms with van der Waals surface area (Å²) in [6.07, 6.45) is 5.39. The summed E-state index contributed by atoms with van der Waals surface area (Å²) in [4.78, 5) is 32.9. The molecule has 2 rings (SSSR count). The SMILES string of the molecule is NC(=O)CN1CCC(CNC(=O)C2CCC2)CC1.O=CO. The van der Waals surface area contributed by atoms with E-state index < -0.39 is 0 Å². The Balaban J connectivity index is 0.000000677. The summed E-state index contributed by atoms with van der Waals surface area (Å²) in [5.74, 6) is 0.811. The van der Waals surface area contributed by atoms with Crippen molar-refractivity contribution in [2.45, 2.75) is 32.1 Å². The van der Waals surface area contributed by atoms with E-state index in [0.29, 0.717) is 12.5 Å². The zero-order valence-electron chi connectivity index (χ0n) is 12.3. The summed E-state index contributed by atoms with van der Waals surface area (Å²) >= 11 is 0. The van der Waals surface area contributed by atoms with E-state index >= 15 is 0 Å². The standard InChI is InChI=1S/C13H23N3O2.CH2O2/c14-12(17)9-16-6-4-10(5-7-16)8-15-13(18)11-2-1-3-11;2-1-3/h10-11H,1-9H2,(H2,14,17)(H,15,18);1H,(H,2,3). The molecule has 1 aliphatic carbocycles. The molecule has 0 radical (unpaired) electrons. The van der Waals surface area contributed by atoms with Gasteiger partial charge >= 0.3 is 0 Å². The van der Waals surface area contributed by atoms with E-state index in [4.69, 9.17) is 15.6 Å². The molecule has 1 heterocycles. The lowest BCUT2D eigenvalue weighted by Crippen LogP contribution is -2.43. The molecule has 4 N–H and O–H groups in total. The second-order valence-corrected chi connectivity index (χ2v) is 5.66. The van der Waals surface area contributed by atoms with Crippen molar-refractivity contribution in [3.63, 3.8) is 0 Å². The minimum Gasteiger partial charge on any atom is -0.483 e. The Morgan fingerprint density at radius 3 is 2.24 bits per heavy atom. The van der Waals surface area contributed by atoms with Gasteiger partial charge in [-0.25, -0.2) is 0 Å². The van der Waals surface area contributed by atoms with Crippen LogP contribution < -0.4 is 11.1 Å². The molecule has 0 bridgehead atoms. The Morgan fingerprint density at radius 2 is 1.81 bits per heavy atom. The number of piperidine rings is 1.